The predicted molar refractivity (Wildman–Crippen MR) is 75.0 cm³/mol. The number of hydrogen-bond donors (Lipinski definition) is 2. The lowest BCUT2D eigenvalue weighted by Gasteiger charge is -2.09. The third kappa shape index (κ3) is 5.56. The van der Waals surface area contributed by atoms with Gasteiger partial charge in [-0.15, -0.1) is 0 Å². The fraction of sp³-hybridized carbons (Fsp3) is 0.231. The van der Waals surface area contributed by atoms with Gasteiger partial charge in [-0.3, -0.25) is 4.79 Å². The van der Waals surface area contributed by atoms with Gasteiger partial charge in [0, 0.05) is 23.2 Å². The molecule has 0 saturated carbocycles. The predicted octanol–water partition coefficient (Wildman–Crippen LogP) is 2.06. The summed E-state index contributed by atoms with van der Waals surface area (Å²) in [5, 5.41) is 11.1. The van der Waals surface area contributed by atoms with Crippen LogP contribution < -0.4 is 10.1 Å². The SMILES string of the molecule is CNC(=O)CCOc1ccc(Br)cc1/C=C/C(=O)O. The van der Waals surface area contributed by atoms with Crippen molar-refractivity contribution in [1.82, 2.24) is 5.32 Å². The Morgan fingerprint density at radius 1 is 1.47 bits per heavy atom. The average Bonchev–Trinajstić information content (AvgIpc) is 2.38. The van der Waals surface area contributed by atoms with Crippen molar-refractivity contribution in [3.63, 3.8) is 0 Å². The molecule has 0 radical (unpaired) electrons. The number of rotatable bonds is 6. The maximum atomic E-state index is 11.1. The van der Waals surface area contributed by atoms with Gasteiger partial charge < -0.3 is 15.2 Å². The Morgan fingerprint density at radius 2 is 2.21 bits per heavy atom. The van der Waals surface area contributed by atoms with E-state index >= 15 is 0 Å². The second kappa shape index (κ2) is 7.58. The van der Waals surface area contributed by atoms with Crippen LogP contribution in [0.5, 0.6) is 5.75 Å². The number of hydrogen-bond acceptors (Lipinski definition) is 3. The number of nitrogens with one attached hydrogen (secondary N) is 1. The number of halogens is 1. The van der Waals surface area contributed by atoms with E-state index in [4.69, 9.17) is 9.84 Å². The molecule has 1 rings (SSSR count). The zero-order valence-electron chi connectivity index (χ0n) is 10.4. The molecule has 5 nitrogen and oxygen atoms in total. The maximum absolute atomic E-state index is 11.1. The van der Waals surface area contributed by atoms with Gasteiger partial charge in [0.15, 0.2) is 0 Å². The van der Waals surface area contributed by atoms with Gasteiger partial charge in [0.1, 0.15) is 5.75 Å². The molecule has 1 aromatic rings. The lowest BCUT2D eigenvalue weighted by Crippen LogP contribution is -2.20. The normalized spacial score (nSPS) is 10.4. The van der Waals surface area contributed by atoms with E-state index in [9.17, 15) is 9.59 Å². The molecule has 0 bridgehead atoms. The monoisotopic (exact) mass is 327 g/mol. The summed E-state index contributed by atoms with van der Waals surface area (Å²) < 4.78 is 6.29. The lowest BCUT2D eigenvalue weighted by atomic mass is 10.2. The summed E-state index contributed by atoms with van der Waals surface area (Å²) in [6.07, 6.45) is 2.73. The zero-order valence-corrected chi connectivity index (χ0v) is 11.9. The molecule has 6 heteroatoms. The van der Waals surface area contributed by atoms with Crippen LogP contribution in [0.4, 0.5) is 0 Å². The minimum atomic E-state index is -1.03. The van der Waals surface area contributed by atoms with Crippen molar-refractivity contribution in [3.8, 4) is 5.75 Å². The van der Waals surface area contributed by atoms with E-state index < -0.39 is 5.97 Å². The smallest absolute Gasteiger partial charge is 0.328 e. The molecule has 0 aliphatic carbocycles. The fourth-order valence-corrected chi connectivity index (χ4v) is 1.70. The molecule has 0 aromatic heterocycles. The lowest BCUT2D eigenvalue weighted by molar-refractivity contribution is -0.131. The molecule has 1 amide bonds. The second-order valence-electron chi connectivity index (χ2n) is 3.63. The number of aliphatic carboxylic acids is 1. The Labute approximate surface area is 119 Å². The number of carboxylic acid groups (broad SMARTS) is 1. The number of carbonyl (C=O) groups is 2. The Bertz CT molecular complexity index is 499. The van der Waals surface area contributed by atoms with E-state index in [1.54, 1.807) is 25.2 Å². The fourth-order valence-electron chi connectivity index (χ4n) is 1.32. The molecule has 0 atom stereocenters. The molecule has 102 valence electrons. The molecule has 0 spiro atoms. The van der Waals surface area contributed by atoms with E-state index in [0.717, 1.165) is 10.5 Å². The Morgan fingerprint density at radius 3 is 2.84 bits per heavy atom. The molecule has 0 fully saturated rings. The van der Waals surface area contributed by atoms with Crippen LogP contribution in [0.25, 0.3) is 6.08 Å². The van der Waals surface area contributed by atoms with Gasteiger partial charge in [0.25, 0.3) is 0 Å². The summed E-state index contributed by atoms with van der Waals surface area (Å²) in [7, 11) is 1.56. The second-order valence-corrected chi connectivity index (χ2v) is 4.54. The first-order valence-corrected chi connectivity index (χ1v) is 6.36. The van der Waals surface area contributed by atoms with E-state index in [1.807, 2.05) is 0 Å². The van der Waals surface area contributed by atoms with Crippen molar-refractivity contribution >= 4 is 33.9 Å². The number of carbonyl (C=O) groups excluding carboxylic acids is 1. The molecule has 0 aliphatic heterocycles. The summed E-state index contributed by atoms with van der Waals surface area (Å²) in [4.78, 5) is 21.6. The molecular weight excluding hydrogens is 314 g/mol. The molecule has 0 saturated heterocycles. The number of carboxylic acids is 1. The van der Waals surface area contributed by atoms with Gasteiger partial charge >= 0.3 is 5.97 Å². The van der Waals surface area contributed by atoms with E-state index in [2.05, 4.69) is 21.2 Å². The van der Waals surface area contributed by atoms with Crippen LogP contribution in [0.3, 0.4) is 0 Å². The molecule has 0 unspecified atom stereocenters. The van der Waals surface area contributed by atoms with Crippen LogP contribution in [0.15, 0.2) is 28.7 Å². The van der Waals surface area contributed by atoms with Crippen LogP contribution in [0.1, 0.15) is 12.0 Å². The minimum Gasteiger partial charge on any atom is -0.492 e. The van der Waals surface area contributed by atoms with Crippen molar-refractivity contribution in [2.24, 2.45) is 0 Å². The molecule has 2 N–H and O–H groups in total. The Hall–Kier alpha value is -1.82. The van der Waals surface area contributed by atoms with E-state index in [0.29, 0.717) is 11.3 Å². The minimum absolute atomic E-state index is 0.111. The number of benzene rings is 1. The molecule has 0 heterocycles. The van der Waals surface area contributed by atoms with Crippen molar-refractivity contribution in [3.05, 3.63) is 34.3 Å². The molecule has 1 aromatic carbocycles. The van der Waals surface area contributed by atoms with Crippen LogP contribution in [-0.4, -0.2) is 30.6 Å². The van der Waals surface area contributed by atoms with E-state index in [-0.39, 0.29) is 18.9 Å². The van der Waals surface area contributed by atoms with Crippen molar-refractivity contribution in [1.29, 1.82) is 0 Å². The molecule has 19 heavy (non-hydrogen) atoms. The van der Waals surface area contributed by atoms with Gasteiger partial charge in [0.2, 0.25) is 5.91 Å². The molecular formula is C13H14BrNO4. The number of ether oxygens (including phenoxy) is 1. The summed E-state index contributed by atoms with van der Waals surface area (Å²) >= 11 is 3.30. The largest absolute Gasteiger partial charge is 0.492 e. The van der Waals surface area contributed by atoms with Gasteiger partial charge in [0.05, 0.1) is 13.0 Å². The highest BCUT2D eigenvalue weighted by Crippen LogP contribution is 2.24. The van der Waals surface area contributed by atoms with Crippen LogP contribution in [0, 0.1) is 0 Å². The Balaban J connectivity index is 2.76. The third-order valence-electron chi connectivity index (χ3n) is 2.24. The van der Waals surface area contributed by atoms with Crippen molar-refractivity contribution in [2.75, 3.05) is 13.7 Å². The standard InChI is InChI=1S/C13H14BrNO4/c1-15-12(16)6-7-19-11-4-3-10(14)8-9(11)2-5-13(17)18/h2-5,8H,6-7H2,1H3,(H,15,16)(H,17,18)/b5-2+. The zero-order chi connectivity index (χ0) is 14.3. The summed E-state index contributed by atoms with van der Waals surface area (Å²) in [6.45, 7) is 0.231. The first kappa shape index (κ1) is 15.2. The van der Waals surface area contributed by atoms with Crippen molar-refractivity contribution in [2.45, 2.75) is 6.42 Å². The van der Waals surface area contributed by atoms with Gasteiger partial charge in [-0.05, 0) is 24.3 Å². The van der Waals surface area contributed by atoms with Crippen LogP contribution in [0.2, 0.25) is 0 Å². The number of amides is 1. The third-order valence-corrected chi connectivity index (χ3v) is 2.74. The van der Waals surface area contributed by atoms with Crippen LogP contribution in [-0.2, 0) is 9.59 Å². The highest BCUT2D eigenvalue weighted by Gasteiger charge is 2.04. The topological polar surface area (TPSA) is 75.6 Å². The van der Waals surface area contributed by atoms with E-state index in [1.165, 1.54) is 6.08 Å². The summed E-state index contributed by atoms with van der Waals surface area (Å²) in [6, 6.07) is 5.25. The summed E-state index contributed by atoms with van der Waals surface area (Å²) in [5.41, 5.74) is 0.633. The Kier molecular flexibility index (Phi) is 6.08. The molecule has 0 aliphatic rings. The van der Waals surface area contributed by atoms with Gasteiger partial charge in [-0.25, -0.2) is 4.79 Å². The summed E-state index contributed by atoms with van der Waals surface area (Å²) in [5.74, 6) is -0.611. The highest BCUT2D eigenvalue weighted by molar-refractivity contribution is 9.10. The van der Waals surface area contributed by atoms with Crippen molar-refractivity contribution < 1.29 is 19.4 Å². The average molecular weight is 328 g/mol. The van der Waals surface area contributed by atoms with Crippen LogP contribution >= 0.6 is 15.9 Å². The van der Waals surface area contributed by atoms with Gasteiger partial charge in [-0.2, -0.15) is 0 Å². The maximum Gasteiger partial charge on any atom is 0.328 e. The first-order valence-electron chi connectivity index (χ1n) is 5.57. The quantitative estimate of drug-likeness (QED) is 0.784. The van der Waals surface area contributed by atoms with Gasteiger partial charge in [-0.1, -0.05) is 15.9 Å². The first-order chi connectivity index (χ1) is 9.02. The highest BCUT2D eigenvalue weighted by atomic mass is 79.9.